The maximum absolute atomic E-state index is 2.39. The van der Waals surface area contributed by atoms with Gasteiger partial charge in [-0.15, -0.1) is 24.8 Å². The van der Waals surface area contributed by atoms with Gasteiger partial charge in [0, 0.05) is 98.5 Å². The summed E-state index contributed by atoms with van der Waals surface area (Å²) < 4.78 is 0. The Bertz CT molecular complexity index is 1180. The minimum atomic E-state index is 0. The van der Waals surface area contributed by atoms with Crippen molar-refractivity contribution in [2.75, 3.05) is 72.5 Å². The van der Waals surface area contributed by atoms with E-state index in [4.69, 9.17) is 0 Å². The van der Waals surface area contributed by atoms with Gasteiger partial charge in [0.05, 0.1) is 26.7 Å². The third kappa shape index (κ3) is 11.7. The van der Waals surface area contributed by atoms with Crippen molar-refractivity contribution in [1.82, 2.24) is 19.6 Å². The lowest BCUT2D eigenvalue weighted by Crippen LogP contribution is -2.27. The highest BCUT2D eigenvalue weighted by Crippen LogP contribution is 2.28. The standard InChI is InChI=1S/2C20H30N4.2ClH/c2*1-3-5-10-21-12-14-23(17-21)19-8-7-9-20(16-19)24-15-13-22(18-24)11-6-4-2;;/h2*7-9,12-16H,3-6,10-11,17-18H2,1-2H3;2*1H. The number of benzene rings is 2. The van der Waals surface area contributed by atoms with E-state index in [1.165, 1.54) is 74.1 Å². The van der Waals surface area contributed by atoms with Gasteiger partial charge in [-0.05, 0) is 62.1 Å². The molecular formula is C40H62Cl2N8. The third-order valence-electron chi connectivity index (χ3n) is 9.35. The van der Waals surface area contributed by atoms with Crippen molar-refractivity contribution in [3.63, 3.8) is 0 Å². The molecule has 0 radical (unpaired) electrons. The van der Waals surface area contributed by atoms with E-state index in [0.29, 0.717) is 0 Å². The molecule has 0 N–H and O–H groups in total. The van der Waals surface area contributed by atoms with Crippen molar-refractivity contribution >= 4 is 47.6 Å². The lowest BCUT2D eigenvalue weighted by atomic mass is 10.2. The molecule has 4 aliphatic heterocycles. The van der Waals surface area contributed by atoms with Crippen LogP contribution in [0.1, 0.15) is 79.1 Å². The fraction of sp³-hybridized carbons (Fsp3) is 0.500. The van der Waals surface area contributed by atoms with Gasteiger partial charge in [0.1, 0.15) is 0 Å². The SMILES string of the molecule is CCCCN1C=CN(c2cccc(N3C=CN(CCCC)C3)c2)C1.CCCCN1C=CN(c2cccc(N3C=CN(CCCC)C3)c2)C1.Cl.Cl. The quantitative estimate of drug-likeness (QED) is 0.169. The summed E-state index contributed by atoms with van der Waals surface area (Å²) in [5.74, 6) is 0. The normalized spacial score (nSPS) is 16.1. The lowest BCUT2D eigenvalue weighted by molar-refractivity contribution is 0.395. The van der Waals surface area contributed by atoms with E-state index in [2.05, 4.69) is 165 Å². The average molecular weight is 726 g/mol. The van der Waals surface area contributed by atoms with Crippen molar-refractivity contribution < 1.29 is 0 Å². The lowest BCUT2D eigenvalue weighted by Gasteiger charge is -2.24. The number of anilines is 4. The Labute approximate surface area is 315 Å². The van der Waals surface area contributed by atoms with Crippen molar-refractivity contribution in [3.8, 4) is 0 Å². The molecule has 8 nitrogen and oxygen atoms in total. The van der Waals surface area contributed by atoms with Crippen LogP contribution >= 0.6 is 24.8 Å². The molecule has 0 bridgehead atoms. The van der Waals surface area contributed by atoms with Crippen LogP contribution in [0.2, 0.25) is 0 Å². The molecule has 6 rings (SSSR count). The summed E-state index contributed by atoms with van der Waals surface area (Å²) in [6, 6.07) is 17.7. The van der Waals surface area contributed by atoms with Crippen LogP contribution < -0.4 is 19.6 Å². The van der Waals surface area contributed by atoms with Gasteiger partial charge in [0.25, 0.3) is 0 Å². The second kappa shape index (κ2) is 21.6. The van der Waals surface area contributed by atoms with Crippen LogP contribution in [0.5, 0.6) is 0 Å². The van der Waals surface area contributed by atoms with Gasteiger partial charge < -0.3 is 39.2 Å². The van der Waals surface area contributed by atoms with Crippen LogP contribution in [0.25, 0.3) is 0 Å². The van der Waals surface area contributed by atoms with Crippen LogP contribution in [0.4, 0.5) is 22.7 Å². The van der Waals surface area contributed by atoms with Gasteiger partial charge >= 0.3 is 0 Å². The monoisotopic (exact) mass is 724 g/mol. The molecule has 50 heavy (non-hydrogen) atoms. The highest BCUT2D eigenvalue weighted by Gasteiger charge is 2.19. The van der Waals surface area contributed by atoms with Gasteiger partial charge in [0.15, 0.2) is 0 Å². The predicted octanol–water partition coefficient (Wildman–Crippen LogP) is 9.62. The molecule has 4 aliphatic rings. The number of hydrogen-bond acceptors (Lipinski definition) is 8. The van der Waals surface area contributed by atoms with Crippen LogP contribution in [-0.4, -0.2) is 72.5 Å². The van der Waals surface area contributed by atoms with Crippen LogP contribution in [0.3, 0.4) is 0 Å². The highest BCUT2D eigenvalue weighted by atomic mass is 35.5. The summed E-state index contributed by atoms with van der Waals surface area (Å²) in [6.45, 7) is 17.4. The van der Waals surface area contributed by atoms with E-state index in [0.717, 1.165) is 52.9 Å². The molecule has 0 aromatic heterocycles. The Balaban J connectivity index is 0.000000260. The largest absolute Gasteiger partial charge is 0.358 e. The second-order valence-corrected chi connectivity index (χ2v) is 13.3. The van der Waals surface area contributed by atoms with Gasteiger partial charge in [-0.2, -0.15) is 0 Å². The van der Waals surface area contributed by atoms with E-state index in [1.54, 1.807) is 0 Å². The first-order chi connectivity index (χ1) is 23.6. The van der Waals surface area contributed by atoms with E-state index >= 15 is 0 Å². The Morgan fingerprint density at radius 2 is 0.620 bits per heavy atom. The summed E-state index contributed by atoms with van der Waals surface area (Å²) in [4.78, 5) is 18.9. The van der Waals surface area contributed by atoms with Crippen molar-refractivity contribution in [2.24, 2.45) is 0 Å². The summed E-state index contributed by atoms with van der Waals surface area (Å²) in [7, 11) is 0. The topological polar surface area (TPSA) is 25.9 Å². The molecule has 0 amide bonds. The second-order valence-electron chi connectivity index (χ2n) is 13.3. The highest BCUT2D eigenvalue weighted by molar-refractivity contribution is 5.85. The van der Waals surface area contributed by atoms with Crippen molar-refractivity contribution in [1.29, 1.82) is 0 Å². The molecule has 0 saturated carbocycles. The fourth-order valence-corrected chi connectivity index (χ4v) is 6.26. The molecule has 4 heterocycles. The molecule has 0 spiro atoms. The molecular weight excluding hydrogens is 663 g/mol. The first-order valence-corrected chi connectivity index (χ1v) is 18.6. The minimum absolute atomic E-state index is 0. The van der Waals surface area contributed by atoms with Crippen molar-refractivity contribution in [3.05, 3.63) is 98.1 Å². The van der Waals surface area contributed by atoms with E-state index in [-0.39, 0.29) is 24.8 Å². The van der Waals surface area contributed by atoms with Crippen LogP contribution in [0.15, 0.2) is 98.1 Å². The molecule has 0 fully saturated rings. The van der Waals surface area contributed by atoms with E-state index < -0.39 is 0 Å². The molecule has 0 saturated heterocycles. The number of nitrogens with zero attached hydrogens (tertiary/aromatic N) is 8. The first-order valence-electron chi connectivity index (χ1n) is 18.6. The van der Waals surface area contributed by atoms with Gasteiger partial charge in [-0.1, -0.05) is 65.5 Å². The van der Waals surface area contributed by atoms with Gasteiger partial charge in [-0.25, -0.2) is 0 Å². The number of hydrogen-bond donors (Lipinski definition) is 0. The fourth-order valence-electron chi connectivity index (χ4n) is 6.26. The minimum Gasteiger partial charge on any atom is -0.358 e. The van der Waals surface area contributed by atoms with Gasteiger partial charge in [-0.3, -0.25) is 0 Å². The van der Waals surface area contributed by atoms with Gasteiger partial charge in [0.2, 0.25) is 0 Å². The smallest absolute Gasteiger partial charge is 0.0941 e. The molecule has 2 aromatic rings. The average Bonchev–Trinajstić information content (AvgIpc) is 3.96. The predicted molar refractivity (Wildman–Crippen MR) is 220 cm³/mol. The van der Waals surface area contributed by atoms with E-state index in [9.17, 15) is 0 Å². The number of halogens is 2. The molecule has 2 aromatic carbocycles. The molecule has 0 aliphatic carbocycles. The number of unbranched alkanes of at least 4 members (excludes halogenated alkanes) is 4. The zero-order valence-electron chi connectivity index (χ0n) is 30.9. The Morgan fingerprint density at radius 3 is 0.840 bits per heavy atom. The zero-order chi connectivity index (χ0) is 33.6. The summed E-state index contributed by atoms with van der Waals surface area (Å²) in [6.07, 6.45) is 27.6. The molecule has 0 unspecified atom stereocenters. The first kappa shape index (κ1) is 40.8. The molecule has 10 heteroatoms. The molecule has 0 atom stereocenters. The number of rotatable bonds is 16. The Morgan fingerprint density at radius 1 is 0.380 bits per heavy atom. The summed E-state index contributed by atoms with van der Waals surface area (Å²) in [5, 5.41) is 0. The maximum atomic E-state index is 2.39. The van der Waals surface area contributed by atoms with Crippen LogP contribution in [-0.2, 0) is 0 Å². The van der Waals surface area contributed by atoms with Crippen LogP contribution in [0, 0.1) is 0 Å². The third-order valence-corrected chi connectivity index (χ3v) is 9.35. The summed E-state index contributed by atoms with van der Waals surface area (Å²) >= 11 is 0. The van der Waals surface area contributed by atoms with E-state index in [1.807, 2.05) is 0 Å². The zero-order valence-corrected chi connectivity index (χ0v) is 32.6. The Hall–Kier alpha value is -3.62. The maximum Gasteiger partial charge on any atom is 0.0941 e. The summed E-state index contributed by atoms with van der Waals surface area (Å²) in [5.41, 5.74) is 5.07. The van der Waals surface area contributed by atoms with Crippen molar-refractivity contribution in [2.45, 2.75) is 79.1 Å². The molecule has 276 valence electrons. The Kier molecular flexibility index (Phi) is 17.6.